The van der Waals surface area contributed by atoms with Gasteiger partial charge in [0.15, 0.2) is 0 Å². The van der Waals surface area contributed by atoms with Gasteiger partial charge in [-0.2, -0.15) is 0 Å². The molecule has 5 heteroatoms. The first-order valence-electron chi connectivity index (χ1n) is 3.64. The first-order valence-corrected chi connectivity index (χ1v) is 7.46. The Labute approximate surface area is 80.3 Å². The monoisotopic (exact) mass is 306 g/mol. The van der Waals surface area contributed by atoms with Crippen LogP contribution in [0.4, 0.5) is 13.2 Å². The van der Waals surface area contributed by atoms with Crippen molar-refractivity contribution in [1.82, 2.24) is 0 Å². The Morgan fingerprint density at radius 2 is 2.00 bits per heavy atom. The minimum atomic E-state index is -3.91. The molecule has 0 saturated carbocycles. The molecule has 4 unspecified atom stereocenters. The zero-order chi connectivity index (χ0) is 8.56. The summed E-state index contributed by atoms with van der Waals surface area (Å²) in [5.74, 6) is 0. The molecule has 1 aliphatic carbocycles. The van der Waals surface area contributed by atoms with E-state index in [0.29, 0.717) is 4.82 Å². The Hall–Kier alpha value is 0.569. The van der Waals surface area contributed by atoms with Gasteiger partial charge in [-0.1, -0.05) is 0 Å². The first-order chi connectivity index (χ1) is 5.56. The van der Waals surface area contributed by atoms with Crippen LogP contribution in [0.15, 0.2) is 12.2 Å². The van der Waals surface area contributed by atoms with Crippen molar-refractivity contribution in [1.29, 1.82) is 0 Å². The number of hydrogen-bond acceptors (Lipinski definition) is 0. The normalized spacial score (nSPS) is 54.4. The molecule has 66 valence electrons. The van der Waals surface area contributed by atoms with Crippen molar-refractivity contribution in [3.05, 3.63) is 12.2 Å². The SMILES string of the molecule is FC(F)(F)C12[Se]C1C=CC1[Se]C12. The van der Waals surface area contributed by atoms with Crippen molar-refractivity contribution in [2.75, 3.05) is 0 Å². The Bertz CT molecular complexity index is 272. The molecule has 2 aliphatic heterocycles. The molecule has 0 aromatic carbocycles. The maximum atomic E-state index is 12.6. The second-order valence-corrected chi connectivity index (χ2v) is 8.99. The molecule has 2 saturated heterocycles. The van der Waals surface area contributed by atoms with E-state index in [1.54, 1.807) is 0 Å². The molecule has 12 heavy (non-hydrogen) atoms. The van der Waals surface area contributed by atoms with E-state index < -0.39 is 10.5 Å². The summed E-state index contributed by atoms with van der Waals surface area (Å²) in [7, 11) is 0. The van der Waals surface area contributed by atoms with Crippen LogP contribution in [-0.4, -0.2) is 36.1 Å². The summed E-state index contributed by atoms with van der Waals surface area (Å²) in [5, 5.41) is 0. The third kappa shape index (κ3) is 0.765. The summed E-state index contributed by atoms with van der Waals surface area (Å²) in [4.78, 5) is 0.260. The summed E-state index contributed by atoms with van der Waals surface area (Å²) < 4.78 is 36.7. The second kappa shape index (κ2) is 1.98. The van der Waals surface area contributed by atoms with Gasteiger partial charge < -0.3 is 0 Å². The van der Waals surface area contributed by atoms with Crippen LogP contribution in [0.3, 0.4) is 0 Å². The average Bonchev–Trinajstić information content (AvgIpc) is 2.78. The molecular weight excluding hydrogens is 299 g/mol. The second-order valence-electron chi connectivity index (χ2n) is 3.24. The van der Waals surface area contributed by atoms with E-state index >= 15 is 0 Å². The molecule has 3 rings (SSSR count). The fourth-order valence-corrected chi connectivity index (χ4v) is 9.16. The minimum absolute atomic E-state index is 0.0278. The topological polar surface area (TPSA) is 0 Å². The van der Waals surface area contributed by atoms with Crippen molar-refractivity contribution in [2.45, 2.75) is 24.9 Å². The van der Waals surface area contributed by atoms with Gasteiger partial charge in [-0.3, -0.25) is 0 Å². The maximum absolute atomic E-state index is 12.6. The Morgan fingerprint density at radius 3 is 2.58 bits per heavy atom. The summed E-state index contributed by atoms with van der Waals surface area (Å²) >= 11 is 0.0818. The summed E-state index contributed by atoms with van der Waals surface area (Å²) in [6.45, 7) is 0. The zero-order valence-corrected chi connectivity index (χ0v) is 9.26. The number of allylic oxidation sites excluding steroid dienone is 2. The quantitative estimate of drug-likeness (QED) is 0.475. The van der Waals surface area contributed by atoms with E-state index in [4.69, 9.17) is 0 Å². The van der Waals surface area contributed by atoms with Gasteiger partial charge in [-0.05, 0) is 0 Å². The molecule has 3 aliphatic rings. The Kier molecular flexibility index (Phi) is 1.31. The van der Waals surface area contributed by atoms with Crippen LogP contribution in [0.1, 0.15) is 0 Å². The Balaban J connectivity index is 2.00. The molecule has 0 bridgehead atoms. The number of hydrogen-bond donors (Lipinski definition) is 0. The van der Waals surface area contributed by atoms with Crippen LogP contribution in [-0.2, 0) is 0 Å². The van der Waals surface area contributed by atoms with Crippen LogP contribution < -0.4 is 0 Å². The van der Waals surface area contributed by atoms with Gasteiger partial charge in [-0.15, -0.1) is 0 Å². The van der Waals surface area contributed by atoms with Crippen molar-refractivity contribution < 1.29 is 13.2 Å². The van der Waals surface area contributed by atoms with Crippen LogP contribution in [0.2, 0.25) is 18.8 Å². The van der Waals surface area contributed by atoms with Gasteiger partial charge in [0.25, 0.3) is 0 Å². The molecule has 0 N–H and O–H groups in total. The number of fused-ring (bicyclic) bond motifs is 3. The molecule has 0 aromatic rings. The number of rotatable bonds is 0. The molecule has 0 spiro atoms. The number of halogens is 3. The van der Waals surface area contributed by atoms with Gasteiger partial charge in [0.2, 0.25) is 0 Å². The zero-order valence-electron chi connectivity index (χ0n) is 5.84. The fraction of sp³-hybridized carbons (Fsp3) is 0.714. The van der Waals surface area contributed by atoms with Crippen LogP contribution in [0.25, 0.3) is 0 Å². The van der Waals surface area contributed by atoms with E-state index in [1.807, 2.05) is 12.2 Å². The molecule has 4 atom stereocenters. The molecule has 0 amide bonds. The van der Waals surface area contributed by atoms with E-state index in [-0.39, 0.29) is 39.5 Å². The molecule has 2 fully saturated rings. The van der Waals surface area contributed by atoms with E-state index in [0.717, 1.165) is 0 Å². The van der Waals surface area contributed by atoms with Crippen LogP contribution in [0.5, 0.6) is 0 Å². The molecular formula is C7H5F3Se2. The fourth-order valence-electron chi connectivity index (χ4n) is 1.80. The van der Waals surface area contributed by atoms with Gasteiger partial charge in [0.05, 0.1) is 0 Å². The third-order valence-electron chi connectivity index (χ3n) is 2.55. The number of alkyl halides is 3. The standard InChI is InChI=1S/C7H5F3Se2/c8-7(9,10)6-4(12-6)2-1-3-5(6)11-3/h1-5H. The van der Waals surface area contributed by atoms with E-state index in [1.165, 1.54) is 0 Å². The van der Waals surface area contributed by atoms with Crippen molar-refractivity contribution in [2.24, 2.45) is 0 Å². The molecule has 0 nitrogen and oxygen atoms in total. The van der Waals surface area contributed by atoms with Gasteiger partial charge in [0, 0.05) is 0 Å². The molecule has 0 aromatic heterocycles. The van der Waals surface area contributed by atoms with Gasteiger partial charge in [-0.25, -0.2) is 0 Å². The van der Waals surface area contributed by atoms with Crippen LogP contribution in [0, 0.1) is 0 Å². The predicted octanol–water partition coefficient (Wildman–Crippen LogP) is 2.08. The van der Waals surface area contributed by atoms with Crippen molar-refractivity contribution >= 4 is 29.9 Å². The molecule has 2 heterocycles. The van der Waals surface area contributed by atoms with Crippen LogP contribution >= 0.6 is 0 Å². The van der Waals surface area contributed by atoms with Gasteiger partial charge >= 0.3 is 80.2 Å². The Morgan fingerprint density at radius 1 is 1.25 bits per heavy atom. The van der Waals surface area contributed by atoms with Crippen molar-refractivity contribution in [3.63, 3.8) is 0 Å². The van der Waals surface area contributed by atoms with E-state index in [2.05, 4.69) is 0 Å². The third-order valence-corrected chi connectivity index (χ3v) is 9.70. The average molecular weight is 304 g/mol. The first kappa shape index (κ1) is 7.93. The summed E-state index contributed by atoms with van der Waals surface area (Å²) in [6.07, 6.45) is -0.0684. The molecule has 0 radical (unpaired) electrons. The predicted molar refractivity (Wildman–Crippen MR) is 40.6 cm³/mol. The van der Waals surface area contributed by atoms with E-state index in [9.17, 15) is 13.2 Å². The summed E-state index contributed by atoms with van der Waals surface area (Å²) in [6, 6.07) is 0. The van der Waals surface area contributed by atoms with Gasteiger partial charge in [0.1, 0.15) is 0 Å². The summed E-state index contributed by atoms with van der Waals surface area (Å²) in [5.41, 5.74) is 0. The van der Waals surface area contributed by atoms with Crippen molar-refractivity contribution in [3.8, 4) is 0 Å².